The van der Waals surface area contributed by atoms with E-state index in [1.807, 2.05) is 19.2 Å². The monoisotopic (exact) mass is 390 g/mol. The first-order chi connectivity index (χ1) is 13.1. The average Bonchev–Trinajstić information content (AvgIpc) is 3.30. The second-order valence-corrected chi connectivity index (χ2v) is 7.95. The fourth-order valence-electron chi connectivity index (χ4n) is 4.41. The Hall–Kier alpha value is -1.83. The van der Waals surface area contributed by atoms with Crippen molar-refractivity contribution < 1.29 is 4.74 Å². The first kappa shape index (κ1) is 18.5. The van der Waals surface area contributed by atoms with Crippen molar-refractivity contribution in [3.63, 3.8) is 0 Å². The van der Waals surface area contributed by atoms with Crippen LogP contribution in [-0.4, -0.2) is 65.0 Å². The summed E-state index contributed by atoms with van der Waals surface area (Å²) in [6.45, 7) is 2.90. The topological polar surface area (TPSA) is 83.3 Å². The molecule has 0 amide bonds. The highest BCUT2D eigenvalue weighted by atomic mass is 35.5. The van der Waals surface area contributed by atoms with Crippen LogP contribution in [0.4, 0.5) is 11.9 Å². The number of nitrogens with one attached hydrogen (secondary N) is 1. The lowest BCUT2D eigenvalue weighted by molar-refractivity contribution is 0.0945. The van der Waals surface area contributed by atoms with Crippen molar-refractivity contribution in [2.24, 2.45) is 0 Å². The molecule has 0 bridgehead atoms. The van der Waals surface area contributed by atoms with Crippen molar-refractivity contribution in [3.8, 4) is 0 Å². The number of rotatable bonds is 5. The van der Waals surface area contributed by atoms with Crippen LogP contribution in [-0.2, 0) is 11.2 Å². The van der Waals surface area contributed by atoms with Crippen LogP contribution < -0.4 is 10.6 Å². The summed E-state index contributed by atoms with van der Waals surface area (Å²) in [5.41, 5.74) is 6.99. The Morgan fingerprint density at radius 2 is 2.00 bits per heavy atom. The molecule has 146 valence electrons. The van der Waals surface area contributed by atoms with Crippen molar-refractivity contribution in [1.82, 2.24) is 20.1 Å². The fourth-order valence-corrected chi connectivity index (χ4v) is 4.54. The first-order valence-corrected chi connectivity index (χ1v) is 9.96. The number of hydrogen-bond acceptors (Lipinski definition) is 6. The highest BCUT2D eigenvalue weighted by Gasteiger charge is 2.38. The number of methoxy groups -OCH3 is 1. The number of hydrogen-bond donors (Lipinski definition) is 2. The van der Waals surface area contributed by atoms with Crippen molar-refractivity contribution in [3.05, 3.63) is 34.9 Å². The van der Waals surface area contributed by atoms with E-state index in [1.165, 1.54) is 5.56 Å². The third-order valence-corrected chi connectivity index (χ3v) is 6.10. The third-order valence-electron chi connectivity index (χ3n) is 5.84. The predicted molar refractivity (Wildman–Crippen MR) is 107 cm³/mol. The number of nitrogen functional groups attached to an aromatic ring is 1. The molecule has 2 aliphatic rings. The standard InChI is InChI=1S/C19H27ClN6O/c1-27-17-11-16(10-13-2-4-14(20)5-3-13)26(12-17)15-6-8-25(9-7-15)19-22-18(21)23-24-19/h2-5,15-17H,6-12H2,1H3,(H3,21,22,23,24). The molecule has 3 heterocycles. The van der Waals surface area contributed by atoms with E-state index in [9.17, 15) is 0 Å². The maximum absolute atomic E-state index is 6.03. The van der Waals surface area contributed by atoms with Gasteiger partial charge < -0.3 is 15.4 Å². The van der Waals surface area contributed by atoms with Gasteiger partial charge in [-0.25, -0.2) is 5.10 Å². The largest absolute Gasteiger partial charge is 0.380 e. The molecule has 0 saturated carbocycles. The molecule has 2 aliphatic heterocycles. The van der Waals surface area contributed by atoms with Crippen molar-refractivity contribution in [1.29, 1.82) is 0 Å². The van der Waals surface area contributed by atoms with Gasteiger partial charge in [0.1, 0.15) is 0 Å². The number of H-pyrrole nitrogens is 1. The normalized spacial score (nSPS) is 24.6. The minimum absolute atomic E-state index is 0.313. The quantitative estimate of drug-likeness (QED) is 0.815. The second kappa shape index (κ2) is 8.04. The zero-order valence-electron chi connectivity index (χ0n) is 15.6. The Labute approximate surface area is 164 Å². The van der Waals surface area contributed by atoms with Crippen LogP contribution in [0, 0.1) is 0 Å². The Balaban J connectivity index is 1.40. The van der Waals surface area contributed by atoms with E-state index in [2.05, 4.69) is 37.1 Å². The molecule has 2 aromatic rings. The van der Waals surface area contributed by atoms with E-state index in [0.29, 0.717) is 30.1 Å². The second-order valence-electron chi connectivity index (χ2n) is 7.51. The highest BCUT2D eigenvalue weighted by molar-refractivity contribution is 6.30. The van der Waals surface area contributed by atoms with Crippen LogP contribution in [0.15, 0.2) is 24.3 Å². The molecule has 2 atom stereocenters. The van der Waals surface area contributed by atoms with Gasteiger partial charge in [-0.2, -0.15) is 4.98 Å². The van der Waals surface area contributed by atoms with Crippen LogP contribution in [0.3, 0.4) is 0 Å². The minimum atomic E-state index is 0.313. The number of nitrogens with zero attached hydrogens (tertiary/aromatic N) is 4. The summed E-state index contributed by atoms with van der Waals surface area (Å²) in [5, 5.41) is 7.70. The highest BCUT2D eigenvalue weighted by Crippen LogP contribution is 2.30. The van der Waals surface area contributed by atoms with Gasteiger partial charge in [-0.1, -0.05) is 23.7 Å². The molecule has 0 radical (unpaired) electrons. The molecule has 0 spiro atoms. The van der Waals surface area contributed by atoms with E-state index in [1.54, 1.807) is 0 Å². The lowest BCUT2D eigenvalue weighted by atomic mass is 9.99. The van der Waals surface area contributed by atoms with Crippen LogP contribution in [0.25, 0.3) is 0 Å². The van der Waals surface area contributed by atoms with Gasteiger partial charge in [0.15, 0.2) is 0 Å². The predicted octanol–water partition coefficient (Wildman–Crippen LogP) is 2.34. The van der Waals surface area contributed by atoms with Gasteiger partial charge in [0.25, 0.3) is 0 Å². The van der Waals surface area contributed by atoms with E-state index in [4.69, 9.17) is 22.1 Å². The summed E-state index contributed by atoms with van der Waals surface area (Å²) >= 11 is 6.03. The number of halogens is 1. The Kier molecular flexibility index (Phi) is 5.52. The number of aromatic amines is 1. The molecule has 4 rings (SSSR count). The number of benzene rings is 1. The molecule has 0 aliphatic carbocycles. The van der Waals surface area contributed by atoms with Gasteiger partial charge in [0.2, 0.25) is 11.9 Å². The zero-order valence-corrected chi connectivity index (χ0v) is 16.4. The van der Waals surface area contributed by atoms with Crippen LogP contribution in [0.5, 0.6) is 0 Å². The zero-order chi connectivity index (χ0) is 18.8. The Morgan fingerprint density at radius 3 is 2.63 bits per heavy atom. The molecule has 2 saturated heterocycles. The summed E-state index contributed by atoms with van der Waals surface area (Å²) in [5.74, 6) is 1.08. The Morgan fingerprint density at radius 1 is 1.26 bits per heavy atom. The van der Waals surface area contributed by atoms with Crippen molar-refractivity contribution in [2.45, 2.75) is 43.9 Å². The average molecular weight is 391 g/mol. The van der Waals surface area contributed by atoms with E-state index < -0.39 is 0 Å². The molecule has 1 aromatic heterocycles. The summed E-state index contributed by atoms with van der Waals surface area (Å²) < 4.78 is 5.70. The minimum Gasteiger partial charge on any atom is -0.380 e. The van der Waals surface area contributed by atoms with Gasteiger partial charge in [-0.15, -0.1) is 5.10 Å². The summed E-state index contributed by atoms with van der Waals surface area (Å²) in [4.78, 5) is 9.12. The van der Waals surface area contributed by atoms with E-state index >= 15 is 0 Å². The Bertz CT molecular complexity index is 743. The summed E-state index contributed by atoms with van der Waals surface area (Å²) in [6.07, 6.45) is 4.63. The molecular formula is C19H27ClN6O. The van der Waals surface area contributed by atoms with E-state index in [0.717, 1.165) is 50.3 Å². The lowest BCUT2D eigenvalue weighted by Gasteiger charge is -2.39. The number of anilines is 2. The summed E-state index contributed by atoms with van der Waals surface area (Å²) in [6, 6.07) is 9.30. The third kappa shape index (κ3) is 4.20. The van der Waals surface area contributed by atoms with Crippen molar-refractivity contribution >= 4 is 23.5 Å². The van der Waals surface area contributed by atoms with Gasteiger partial charge in [-0.3, -0.25) is 4.90 Å². The molecule has 3 N–H and O–H groups in total. The van der Waals surface area contributed by atoms with Crippen LogP contribution in [0.2, 0.25) is 5.02 Å². The number of ether oxygens (including phenoxy) is 1. The molecule has 27 heavy (non-hydrogen) atoms. The SMILES string of the molecule is COC1CC(Cc2ccc(Cl)cc2)N(C2CCN(c3n[nH]c(N)n3)CC2)C1. The smallest absolute Gasteiger partial charge is 0.246 e. The van der Waals surface area contributed by atoms with Gasteiger partial charge in [0.05, 0.1) is 6.10 Å². The number of nitrogens with two attached hydrogens (primary N) is 1. The summed E-state index contributed by atoms with van der Waals surface area (Å²) in [7, 11) is 1.82. The maximum atomic E-state index is 6.03. The number of aromatic nitrogens is 3. The number of likely N-dealkylation sites (tertiary alicyclic amines) is 1. The van der Waals surface area contributed by atoms with E-state index in [-0.39, 0.29) is 0 Å². The van der Waals surface area contributed by atoms with Crippen molar-refractivity contribution in [2.75, 3.05) is 37.4 Å². The van der Waals surface area contributed by atoms with Gasteiger partial charge >= 0.3 is 0 Å². The van der Waals surface area contributed by atoms with Crippen LogP contribution >= 0.6 is 11.6 Å². The fraction of sp³-hybridized carbons (Fsp3) is 0.579. The molecule has 7 nitrogen and oxygen atoms in total. The molecular weight excluding hydrogens is 364 g/mol. The number of piperidine rings is 1. The molecule has 2 fully saturated rings. The van der Waals surface area contributed by atoms with Gasteiger partial charge in [-0.05, 0) is 43.4 Å². The molecule has 2 unspecified atom stereocenters. The first-order valence-electron chi connectivity index (χ1n) is 9.58. The molecule has 8 heteroatoms. The molecule has 1 aromatic carbocycles. The van der Waals surface area contributed by atoms with Crippen LogP contribution in [0.1, 0.15) is 24.8 Å². The maximum Gasteiger partial charge on any atom is 0.246 e. The lowest BCUT2D eigenvalue weighted by Crippen LogP contribution is -2.47. The van der Waals surface area contributed by atoms with Gasteiger partial charge in [0, 0.05) is 43.9 Å².